The molecule has 4 nitrogen and oxygen atoms in total. The number of hydrogen-bond donors (Lipinski definition) is 1. The minimum atomic E-state index is -3.49. The van der Waals surface area contributed by atoms with Gasteiger partial charge in [-0.2, -0.15) is 4.31 Å². The first kappa shape index (κ1) is 14.0. The van der Waals surface area contributed by atoms with Gasteiger partial charge in [0.15, 0.2) is 0 Å². The average molecular weight is 334 g/mol. The van der Waals surface area contributed by atoms with Crippen molar-refractivity contribution in [1.29, 1.82) is 0 Å². The van der Waals surface area contributed by atoms with Gasteiger partial charge in [0.05, 0.1) is 11.5 Å². The standard InChI is InChI=1S/C12H16BrNO3S/c1-9-7-11(4-5-12(9)13)18(16,17)14-6-2-3-10(14)8-15/h4-5,7,10,15H,2-3,6,8H2,1H3/t10-/m1/s1. The molecular weight excluding hydrogens is 318 g/mol. The van der Waals surface area contributed by atoms with Gasteiger partial charge >= 0.3 is 0 Å². The van der Waals surface area contributed by atoms with Gasteiger partial charge in [-0.05, 0) is 43.5 Å². The van der Waals surface area contributed by atoms with E-state index < -0.39 is 10.0 Å². The zero-order valence-corrected chi connectivity index (χ0v) is 12.5. The molecule has 0 radical (unpaired) electrons. The van der Waals surface area contributed by atoms with Gasteiger partial charge in [-0.15, -0.1) is 0 Å². The molecule has 0 unspecified atom stereocenters. The third kappa shape index (κ3) is 2.47. The fourth-order valence-electron chi connectivity index (χ4n) is 2.22. The van der Waals surface area contributed by atoms with Crippen LogP contribution in [0.1, 0.15) is 18.4 Å². The van der Waals surface area contributed by atoms with E-state index in [4.69, 9.17) is 0 Å². The lowest BCUT2D eigenvalue weighted by molar-refractivity contribution is 0.213. The number of halogens is 1. The van der Waals surface area contributed by atoms with E-state index in [0.717, 1.165) is 22.9 Å². The number of aliphatic hydroxyl groups excluding tert-OH is 1. The minimum Gasteiger partial charge on any atom is -0.395 e. The predicted octanol–water partition coefficient (Wildman–Crippen LogP) is 1.90. The lowest BCUT2D eigenvalue weighted by Crippen LogP contribution is -2.37. The second-order valence-corrected chi connectivity index (χ2v) is 7.25. The van der Waals surface area contributed by atoms with Crippen molar-refractivity contribution < 1.29 is 13.5 Å². The molecule has 1 saturated heterocycles. The van der Waals surface area contributed by atoms with Crippen LogP contribution in [-0.2, 0) is 10.0 Å². The molecule has 1 fully saturated rings. The Kier molecular flexibility index (Phi) is 4.11. The molecule has 100 valence electrons. The minimum absolute atomic E-state index is 0.116. The van der Waals surface area contributed by atoms with Crippen LogP contribution in [0, 0.1) is 6.92 Å². The predicted molar refractivity (Wildman–Crippen MR) is 72.9 cm³/mol. The van der Waals surface area contributed by atoms with Crippen molar-refractivity contribution in [2.24, 2.45) is 0 Å². The summed E-state index contributed by atoms with van der Waals surface area (Å²) in [5.74, 6) is 0. The molecule has 0 aromatic heterocycles. The van der Waals surface area contributed by atoms with Crippen LogP contribution in [0.25, 0.3) is 0 Å². The molecule has 1 atom stereocenters. The third-order valence-corrected chi connectivity index (χ3v) is 6.11. The van der Waals surface area contributed by atoms with E-state index in [2.05, 4.69) is 15.9 Å². The average Bonchev–Trinajstić information content (AvgIpc) is 2.81. The van der Waals surface area contributed by atoms with Crippen molar-refractivity contribution >= 4 is 26.0 Å². The molecule has 1 aliphatic rings. The van der Waals surface area contributed by atoms with Crippen molar-refractivity contribution in [3.05, 3.63) is 28.2 Å². The van der Waals surface area contributed by atoms with Crippen molar-refractivity contribution in [3.8, 4) is 0 Å². The number of aryl methyl sites for hydroxylation is 1. The smallest absolute Gasteiger partial charge is 0.243 e. The Labute approximate surface area is 116 Å². The summed E-state index contributed by atoms with van der Waals surface area (Å²) in [4.78, 5) is 0.295. The third-order valence-electron chi connectivity index (χ3n) is 3.27. The summed E-state index contributed by atoms with van der Waals surface area (Å²) in [7, 11) is -3.49. The molecule has 1 aliphatic heterocycles. The van der Waals surface area contributed by atoms with Crippen LogP contribution in [0.5, 0.6) is 0 Å². The van der Waals surface area contributed by atoms with E-state index in [1.165, 1.54) is 4.31 Å². The molecule has 0 saturated carbocycles. The van der Waals surface area contributed by atoms with Gasteiger partial charge in [0.1, 0.15) is 0 Å². The van der Waals surface area contributed by atoms with Gasteiger partial charge in [-0.1, -0.05) is 15.9 Å². The van der Waals surface area contributed by atoms with Gasteiger partial charge < -0.3 is 5.11 Å². The summed E-state index contributed by atoms with van der Waals surface area (Å²) in [6, 6.07) is 4.72. The highest BCUT2D eigenvalue weighted by Crippen LogP contribution is 2.28. The highest BCUT2D eigenvalue weighted by atomic mass is 79.9. The van der Waals surface area contributed by atoms with Crippen LogP contribution < -0.4 is 0 Å². The SMILES string of the molecule is Cc1cc(S(=O)(=O)N2CCC[C@@H]2CO)ccc1Br. The Morgan fingerprint density at radius 2 is 2.22 bits per heavy atom. The second-order valence-electron chi connectivity index (χ2n) is 4.51. The van der Waals surface area contributed by atoms with Crippen molar-refractivity contribution in [3.63, 3.8) is 0 Å². The van der Waals surface area contributed by atoms with E-state index >= 15 is 0 Å². The second kappa shape index (κ2) is 5.28. The molecule has 2 rings (SSSR count). The summed E-state index contributed by atoms with van der Waals surface area (Å²) in [5.41, 5.74) is 0.885. The summed E-state index contributed by atoms with van der Waals surface area (Å²) < 4.78 is 27.2. The molecule has 1 aromatic rings. The topological polar surface area (TPSA) is 57.6 Å². The van der Waals surface area contributed by atoms with Gasteiger partial charge in [0, 0.05) is 17.1 Å². The van der Waals surface area contributed by atoms with Gasteiger partial charge in [0.2, 0.25) is 10.0 Å². The molecular formula is C12H16BrNO3S. The van der Waals surface area contributed by atoms with Crippen LogP contribution >= 0.6 is 15.9 Å². The molecule has 1 N–H and O–H groups in total. The maximum absolute atomic E-state index is 12.5. The Bertz CT molecular complexity index is 544. The number of aliphatic hydroxyl groups is 1. The monoisotopic (exact) mass is 333 g/mol. The molecule has 0 aliphatic carbocycles. The summed E-state index contributed by atoms with van der Waals surface area (Å²) in [5, 5.41) is 9.23. The van der Waals surface area contributed by atoms with Gasteiger partial charge in [-0.25, -0.2) is 8.42 Å². The van der Waals surface area contributed by atoms with Crippen molar-refractivity contribution in [2.45, 2.75) is 30.7 Å². The highest BCUT2D eigenvalue weighted by molar-refractivity contribution is 9.10. The largest absolute Gasteiger partial charge is 0.395 e. The number of hydrogen-bond acceptors (Lipinski definition) is 3. The molecule has 1 aromatic carbocycles. The van der Waals surface area contributed by atoms with Crippen LogP contribution in [0.4, 0.5) is 0 Å². The Balaban J connectivity index is 2.38. The highest BCUT2D eigenvalue weighted by Gasteiger charge is 2.34. The molecule has 6 heteroatoms. The zero-order chi connectivity index (χ0) is 13.3. The van der Waals surface area contributed by atoms with Crippen LogP contribution in [-0.4, -0.2) is 37.0 Å². The van der Waals surface area contributed by atoms with E-state index in [0.29, 0.717) is 11.4 Å². The molecule has 1 heterocycles. The van der Waals surface area contributed by atoms with E-state index in [1.807, 2.05) is 6.92 Å². The fraction of sp³-hybridized carbons (Fsp3) is 0.500. The van der Waals surface area contributed by atoms with E-state index in [9.17, 15) is 13.5 Å². The quantitative estimate of drug-likeness (QED) is 0.919. The molecule has 0 bridgehead atoms. The number of nitrogens with zero attached hydrogens (tertiary/aromatic N) is 1. The summed E-state index contributed by atoms with van der Waals surface area (Å²) in [6.45, 7) is 2.23. The maximum atomic E-state index is 12.5. The van der Waals surface area contributed by atoms with E-state index in [1.54, 1.807) is 18.2 Å². The van der Waals surface area contributed by atoms with Crippen molar-refractivity contribution in [2.75, 3.05) is 13.2 Å². The lowest BCUT2D eigenvalue weighted by atomic mass is 10.2. The Morgan fingerprint density at radius 3 is 2.83 bits per heavy atom. The van der Waals surface area contributed by atoms with Crippen LogP contribution in [0.2, 0.25) is 0 Å². The Hall–Kier alpha value is -0.430. The summed E-state index contributed by atoms with van der Waals surface area (Å²) in [6.07, 6.45) is 1.53. The number of rotatable bonds is 3. The summed E-state index contributed by atoms with van der Waals surface area (Å²) >= 11 is 3.36. The first-order valence-corrected chi connectivity index (χ1v) is 8.09. The first-order chi connectivity index (χ1) is 8.46. The van der Waals surface area contributed by atoms with Crippen LogP contribution in [0.3, 0.4) is 0 Å². The number of sulfonamides is 1. The maximum Gasteiger partial charge on any atom is 0.243 e. The first-order valence-electron chi connectivity index (χ1n) is 5.85. The van der Waals surface area contributed by atoms with Crippen molar-refractivity contribution in [1.82, 2.24) is 4.31 Å². The fourth-order valence-corrected chi connectivity index (χ4v) is 4.24. The van der Waals surface area contributed by atoms with Gasteiger partial charge in [-0.3, -0.25) is 0 Å². The molecule has 0 amide bonds. The molecule has 18 heavy (non-hydrogen) atoms. The normalized spacial score (nSPS) is 21.4. The Morgan fingerprint density at radius 1 is 1.50 bits per heavy atom. The lowest BCUT2D eigenvalue weighted by Gasteiger charge is -2.22. The zero-order valence-electron chi connectivity index (χ0n) is 10.1. The van der Waals surface area contributed by atoms with Gasteiger partial charge in [0.25, 0.3) is 0 Å². The number of benzene rings is 1. The van der Waals surface area contributed by atoms with E-state index in [-0.39, 0.29) is 12.6 Å². The van der Waals surface area contributed by atoms with Crippen LogP contribution in [0.15, 0.2) is 27.6 Å². The molecule has 0 spiro atoms.